The maximum Gasteiger partial charge on any atom is 0.328 e. The monoisotopic (exact) mass is 414 g/mol. The highest BCUT2D eigenvalue weighted by atomic mass is 16.5. The number of ether oxygens (including phenoxy) is 1. The molecule has 3 atom stereocenters. The number of methoxy groups -OCH3 is 1. The minimum atomic E-state index is -0.848. The Kier molecular flexibility index (Phi) is 6.83. The first-order chi connectivity index (χ1) is 14.4. The van der Waals surface area contributed by atoms with E-state index < -0.39 is 35.9 Å². The van der Waals surface area contributed by atoms with Crippen LogP contribution in [0.1, 0.15) is 47.7 Å². The number of nitrogens with zero attached hydrogens (tertiary/aromatic N) is 2. The summed E-state index contributed by atoms with van der Waals surface area (Å²) >= 11 is 0. The van der Waals surface area contributed by atoms with Crippen LogP contribution in [0.25, 0.3) is 0 Å². The highest BCUT2D eigenvalue weighted by Gasteiger charge is 2.37. The molecule has 9 nitrogen and oxygen atoms in total. The summed E-state index contributed by atoms with van der Waals surface area (Å²) in [7, 11) is 1.28. The zero-order chi connectivity index (χ0) is 21.7. The molecule has 160 valence electrons. The number of hydrogen-bond donors (Lipinski definition) is 2. The highest BCUT2D eigenvalue weighted by Crippen LogP contribution is 2.21. The van der Waals surface area contributed by atoms with Crippen molar-refractivity contribution in [3.63, 3.8) is 0 Å². The first kappa shape index (κ1) is 21.5. The van der Waals surface area contributed by atoms with Crippen LogP contribution in [0, 0.1) is 0 Å². The van der Waals surface area contributed by atoms with Crippen LogP contribution < -0.4 is 11.1 Å². The molecule has 0 aliphatic carbocycles. The largest absolute Gasteiger partial charge is 0.467 e. The standard InChI is InChI=1S/C21H26N4O5/c1-13(22)19-24-16(12-30-19)20(27)25-10-6-9-17(25)18(26)23-15(21(28)29-2)11-14-7-4-3-5-8-14/h3-5,7-8,12-13,15,17H,6,9-11,22H2,1-2H3,(H,23,26). The molecule has 2 amide bonds. The van der Waals surface area contributed by atoms with Crippen molar-refractivity contribution in [1.82, 2.24) is 15.2 Å². The van der Waals surface area contributed by atoms with Crippen LogP contribution in [0.3, 0.4) is 0 Å². The third-order valence-electron chi connectivity index (χ3n) is 5.03. The van der Waals surface area contributed by atoms with Gasteiger partial charge in [0.2, 0.25) is 11.8 Å². The zero-order valence-electron chi connectivity index (χ0n) is 17.0. The van der Waals surface area contributed by atoms with Gasteiger partial charge < -0.3 is 25.1 Å². The number of oxazole rings is 1. The minimum absolute atomic E-state index is 0.107. The number of carbonyl (C=O) groups excluding carboxylic acids is 3. The molecular formula is C21H26N4O5. The predicted octanol–water partition coefficient (Wildman–Crippen LogP) is 1.20. The molecule has 0 spiro atoms. The number of nitrogens with one attached hydrogen (secondary N) is 1. The molecule has 1 fully saturated rings. The van der Waals surface area contributed by atoms with Crippen molar-refractivity contribution in [3.8, 4) is 0 Å². The number of amides is 2. The Bertz CT molecular complexity index is 896. The van der Waals surface area contributed by atoms with E-state index >= 15 is 0 Å². The number of hydrogen-bond acceptors (Lipinski definition) is 7. The molecule has 9 heteroatoms. The fourth-order valence-corrected chi connectivity index (χ4v) is 3.48. The van der Waals surface area contributed by atoms with E-state index in [0.717, 1.165) is 5.56 Å². The number of carbonyl (C=O) groups is 3. The molecule has 0 radical (unpaired) electrons. The lowest BCUT2D eigenvalue weighted by molar-refractivity contribution is -0.145. The molecule has 3 rings (SSSR count). The normalized spacial score (nSPS) is 18.0. The van der Waals surface area contributed by atoms with Crippen LogP contribution >= 0.6 is 0 Å². The molecule has 1 aromatic carbocycles. The molecule has 3 unspecified atom stereocenters. The third kappa shape index (κ3) is 4.85. The minimum Gasteiger partial charge on any atom is -0.467 e. The van der Waals surface area contributed by atoms with E-state index in [0.29, 0.717) is 25.8 Å². The maximum atomic E-state index is 12.9. The number of rotatable bonds is 7. The molecule has 1 saturated heterocycles. The van der Waals surface area contributed by atoms with Gasteiger partial charge in [-0.1, -0.05) is 30.3 Å². The summed E-state index contributed by atoms with van der Waals surface area (Å²) in [5.74, 6) is -1.09. The number of aromatic nitrogens is 1. The summed E-state index contributed by atoms with van der Waals surface area (Å²) in [6, 6.07) is 7.34. The second kappa shape index (κ2) is 9.53. The predicted molar refractivity (Wildman–Crippen MR) is 107 cm³/mol. The number of likely N-dealkylation sites (tertiary alicyclic amines) is 1. The average Bonchev–Trinajstić information content (AvgIpc) is 3.43. The smallest absolute Gasteiger partial charge is 0.328 e. The van der Waals surface area contributed by atoms with Crippen LogP contribution in [0.15, 0.2) is 41.0 Å². The Morgan fingerprint density at radius 2 is 2.07 bits per heavy atom. The Labute approximate surface area is 174 Å². The SMILES string of the molecule is COC(=O)C(Cc1ccccc1)NC(=O)C1CCCN1C(=O)c1coc(C(C)N)n1. The van der Waals surface area contributed by atoms with Crippen LogP contribution in [0.2, 0.25) is 0 Å². The summed E-state index contributed by atoms with van der Waals surface area (Å²) in [5, 5.41) is 2.75. The maximum absolute atomic E-state index is 12.9. The Morgan fingerprint density at radius 1 is 1.33 bits per heavy atom. The van der Waals surface area contributed by atoms with Gasteiger partial charge in [-0.3, -0.25) is 9.59 Å². The van der Waals surface area contributed by atoms with Crippen molar-refractivity contribution in [2.24, 2.45) is 5.73 Å². The van der Waals surface area contributed by atoms with Crippen LogP contribution in [0.4, 0.5) is 0 Å². The van der Waals surface area contributed by atoms with Crippen LogP contribution in [0.5, 0.6) is 0 Å². The fourth-order valence-electron chi connectivity index (χ4n) is 3.48. The Morgan fingerprint density at radius 3 is 2.70 bits per heavy atom. The molecular weight excluding hydrogens is 388 g/mol. The summed E-state index contributed by atoms with van der Waals surface area (Å²) in [6.07, 6.45) is 2.71. The fraction of sp³-hybridized carbons (Fsp3) is 0.429. The van der Waals surface area contributed by atoms with E-state index in [1.165, 1.54) is 18.3 Å². The lowest BCUT2D eigenvalue weighted by Crippen LogP contribution is -2.51. The zero-order valence-corrected chi connectivity index (χ0v) is 17.0. The second-order valence-electron chi connectivity index (χ2n) is 7.29. The second-order valence-corrected chi connectivity index (χ2v) is 7.29. The van der Waals surface area contributed by atoms with Gasteiger partial charge in [-0.15, -0.1) is 0 Å². The van der Waals surface area contributed by atoms with E-state index in [-0.39, 0.29) is 11.6 Å². The molecule has 0 saturated carbocycles. The van der Waals surface area contributed by atoms with Crippen molar-refractivity contribution < 1.29 is 23.5 Å². The highest BCUT2D eigenvalue weighted by molar-refractivity contribution is 5.97. The summed E-state index contributed by atoms with van der Waals surface area (Å²) in [6.45, 7) is 2.12. The van der Waals surface area contributed by atoms with Gasteiger partial charge in [0, 0.05) is 13.0 Å². The number of benzene rings is 1. The van der Waals surface area contributed by atoms with Gasteiger partial charge in [0.25, 0.3) is 5.91 Å². The molecule has 2 aromatic rings. The summed E-state index contributed by atoms with van der Waals surface area (Å²) in [4.78, 5) is 43.6. The van der Waals surface area contributed by atoms with E-state index in [1.807, 2.05) is 30.3 Å². The summed E-state index contributed by atoms with van der Waals surface area (Å²) < 4.78 is 10.1. The van der Waals surface area contributed by atoms with E-state index in [1.54, 1.807) is 6.92 Å². The van der Waals surface area contributed by atoms with Gasteiger partial charge in [0.15, 0.2) is 5.69 Å². The molecule has 1 aromatic heterocycles. The Hall–Kier alpha value is -3.20. The van der Waals surface area contributed by atoms with Crippen molar-refractivity contribution in [2.75, 3.05) is 13.7 Å². The molecule has 30 heavy (non-hydrogen) atoms. The van der Waals surface area contributed by atoms with E-state index in [2.05, 4.69) is 10.3 Å². The van der Waals surface area contributed by atoms with E-state index in [9.17, 15) is 14.4 Å². The van der Waals surface area contributed by atoms with Crippen LogP contribution in [-0.2, 0) is 20.7 Å². The molecule has 3 N–H and O–H groups in total. The van der Waals surface area contributed by atoms with Crippen molar-refractivity contribution in [2.45, 2.75) is 44.3 Å². The van der Waals surface area contributed by atoms with Gasteiger partial charge >= 0.3 is 5.97 Å². The van der Waals surface area contributed by atoms with Gasteiger partial charge in [-0.25, -0.2) is 9.78 Å². The quantitative estimate of drug-likeness (QED) is 0.652. The van der Waals surface area contributed by atoms with Gasteiger partial charge in [-0.2, -0.15) is 0 Å². The average molecular weight is 414 g/mol. The van der Waals surface area contributed by atoms with Crippen molar-refractivity contribution in [3.05, 3.63) is 53.7 Å². The molecule has 0 bridgehead atoms. The van der Waals surface area contributed by atoms with Crippen LogP contribution in [-0.4, -0.2) is 53.4 Å². The first-order valence-electron chi connectivity index (χ1n) is 9.84. The molecule has 2 heterocycles. The lowest BCUT2D eigenvalue weighted by Gasteiger charge is -2.25. The number of nitrogens with two attached hydrogens (primary N) is 1. The molecule has 1 aliphatic heterocycles. The van der Waals surface area contributed by atoms with Crippen molar-refractivity contribution in [1.29, 1.82) is 0 Å². The lowest BCUT2D eigenvalue weighted by atomic mass is 10.1. The van der Waals surface area contributed by atoms with Gasteiger partial charge in [-0.05, 0) is 25.3 Å². The topological polar surface area (TPSA) is 128 Å². The van der Waals surface area contributed by atoms with Gasteiger partial charge in [0.05, 0.1) is 13.2 Å². The van der Waals surface area contributed by atoms with E-state index in [4.69, 9.17) is 14.9 Å². The first-order valence-corrected chi connectivity index (χ1v) is 9.84. The van der Waals surface area contributed by atoms with Gasteiger partial charge in [0.1, 0.15) is 18.3 Å². The third-order valence-corrected chi connectivity index (χ3v) is 5.03. The summed E-state index contributed by atoms with van der Waals surface area (Å²) in [5.41, 5.74) is 6.72. The molecule has 1 aliphatic rings. The Balaban J connectivity index is 1.71. The van der Waals surface area contributed by atoms with Crippen molar-refractivity contribution >= 4 is 17.8 Å². The number of esters is 1.